The summed E-state index contributed by atoms with van der Waals surface area (Å²) in [5.41, 5.74) is 0.969. The number of benzene rings is 2. The molecule has 0 heterocycles. The fraction of sp³-hybridized carbons (Fsp3) is 0.188. The summed E-state index contributed by atoms with van der Waals surface area (Å²) in [7, 11) is 1.59. The molecule has 0 aliphatic heterocycles. The van der Waals surface area contributed by atoms with Gasteiger partial charge in [0, 0.05) is 23.4 Å². The van der Waals surface area contributed by atoms with Crippen LogP contribution in [0.1, 0.15) is 12.0 Å². The van der Waals surface area contributed by atoms with Gasteiger partial charge in [0.25, 0.3) is 5.69 Å². The minimum Gasteiger partial charge on any atom is -0.497 e. The predicted octanol–water partition coefficient (Wildman–Crippen LogP) is 3.85. The van der Waals surface area contributed by atoms with Gasteiger partial charge in [-0.1, -0.05) is 23.9 Å². The van der Waals surface area contributed by atoms with Crippen molar-refractivity contribution >= 4 is 22.6 Å². The van der Waals surface area contributed by atoms with Crippen LogP contribution < -0.4 is 4.74 Å². The Labute approximate surface area is 132 Å². The number of carbonyl (C=O) groups is 1. The van der Waals surface area contributed by atoms with Crippen LogP contribution in [0.25, 0.3) is 0 Å². The second kappa shape index (κ2) is 7.61. The van der Waals surface area contributed by atoms with E-state index in [2.05, 4.69) is 0 Å². The molecule has 5 nitrogen and oxygen atoms in total. The van der Waals surface area contributed by atoms with Gasteiger partial charge in [0.2, 0.25) is 0 Å². The van der Waals surface area contributed by atoms with E-state index in [1.54, 1.807) is 19.2 Å². The third-order valence-corrected chi connectivity index (χ3v) is 4.00. The van der Waals surface area contributed by atoms with Crippen LogP contribution in [-0.4, -0.2) is 17.1 Å². The zero-order valence-corrected chi connectivity index (χ0v) is 12.8. The highest BCUT2D eigenvalue weighted by Gasteiger charge is 2.08. The second-order valence-corrected chi connectivity index (χ2v) is 5.70. The van der Waals surface area contributed by atoms with Crippen LogP contribution in [0, 0.1) is 10.1 Å². The van der Waals surface area contributed by atoms with Crippen LogP contribution in [0.15, 0.2) is 53.4 Å². The molecule has 6 heteroatoms. The lowest BCUT2D eigenvalue weighted by Gasteiger charge is -2.03. The monoisotopic (exact) mass is 317 g/mol. The lowest BCUT2D eigenvalue weighted by atomic mass is 10.1. The topological polar surface area (TPSA) is 69.4 Å². The number of methoxy groups -OCH3 is 1. The highest BCUT2D eigenvalue weighted by atomic mass is 32.2. The minimum absolute atomic E-state index is 0.0580. The average molecular weight is 317 g/mol. The summed E-state index contributed by atoms with van der Waals surface area (Å²) in [5, 5.41) is 10.6. The third kappa shape index (κ3) is 4.60. The Morgan fingerprint density at radius 2 is 1.77 bits per heavy atom. The van der Waals surface area contributed by atoms with Crippen LogP contribution in [-0.2, 0) is 11.2 Å². The number of thioether (sulfide) groups is 1. The van der Waals surface area contributed by atoms with Crippen molar-refractivity contribution in [1.82, 2.24) is 0 Å². The molecule has 0 unspecified atom stereocenters. The molecule has 0 bridgehead atoms. The fourth-order valence-electron chi connectivity index (χ4n) is 1.86. The lowest BCUT2D eigenvalue weighted by Crippen LogP contribution is -1.96. The van der Waals surface area contributed by atoms with Crippen molar-refractivity contribution in [2.24, 2.45) is 0 Å². The van der Waals surface area contributed by atoms with Gasteiger partial charge in [-0.05, 0) is 36.2 Å². The number of nitrogens with zero attached hydrogens (tertiary/aromatic N) is 1. The molecule has 2 rings (SSSR count). The predicted molar refractivity (Wildman–Crippen MR) is 85.3 cm³/mol. The number of hydrogen-bond acceptors (Lipinski definition) is 5. The molecule has 0 saturated carbocycles. The Balaban J connectivity index is 1.85. The summed E-state index contributed by atoms with van der Waals surface area (Å²) < 4.78 is 5.06. The quantitative estimate of drug-likeness (QED) is 0.460. The van der Waals surface area contributed by atoms with Gasteiger partial charge in [0.05, 0.1) is 12.0 Å². The maximum atomic E-state index is 11.9. The average Bonchev–Trinajstić information content (AvgIpc) is 2.54. The summed E-state index contributed by atoms with van der Waals surface area (Å²) in [6, 6.07) is 13.6. The van der Waals surface area contributed by atoms with Gasteiger partial charge in [-0.2, -0.15) is 0 Å². The van der Waals surface area contributed by atoms with Crippen LogP contribution >= 0.6 is 11.8 Å². The van der Waals surface area contributed by atoms with E-state index in [0.29, 0.717) is 12.8 Å². The molecule has 2 aromatic carbocycles. The molecule has 0 spiro atoms. The highest BCUT2D eigenvalue weighted by molar-refractivity contribution is 8.13. The highest BCUT2D eigenvalue weighted by Crippen LogP contribution is 2.24. The standard InChI is InChI=1S/C16H15NO4S/c1-21-14-7-9-15(10-8-14)22-16(18)11-4-12-2-5-13(6-3-12)17(19)20/h2-3,5-10H,4,11H2,1H3. The lowest BCUT2D eigenvalue weighted by molar-refractivity contribution is -0.384. The van der Waals surface area contributed by atoms with Crippen LogP contribution in [0.2, 0.25) is 0 Å². The van der Waals surface area contributed by atoms with E-state index in [4.69, 9.17) is 4.74 Å². The van der Waals surface area contributed by atoms with Gasteiger partial charge >= 0.3 is 0 Å². The molecule has 0 amide bonds. The molecule has 0 fully saturated rings. The van der Waals surface area contributed by atoms with E-state index in [1.807, 2.05) is 24.3 Å². The van der Waals surface area contributed by atoms with Crippen molar-refractivity contribution in [2.75, 3.05) is 7.11 Å². The van der Waals surface area contributed by atoms with E-state index < -0.39 is 4.92 Å². The molecular weight excluding hydrogens is 302 g/mol. The Kier molecular flexibility index (Phi) is 5.55. The van der Waals surface area contributed by atoms with E-state index in [9.17, 15) is 14.9 Å². The van der Waals surface area contributed by atoms with Gasteiger partial charge in [-0.3, -0.25) is 14.9 Å². The number of ether oxygens (including phenoxy) is 1. The second-order valence-electron chi connectivity index (χ2n) is 4.57. The summed E-state index contributed by atoms with van der Waals surface area (Å²) in [4.78, 5) is 22.9. The molecular formula is C16H15NO4S. The maximum absolute atomic E-state index is 11.9. The molecule has 0 aromatic heterocycles. The molecule has 2 aromatic rings. The van der Waals surface area contributed by atoms with Crippen molar-refractivity contribution in [3.05, 3.63) is 64.2 Å². The largest absolute Gasteiger partial charge is 0.497 e. The third-order valence-electron chi connectivity index (χ3n) is 3.06. The molecule has 22 heavy (non-hydrogen) atoms. The van der Waals surface area contributed by atoms with Crippen LogP contribution in [0.3, 0.4) is 0 Å². The Morgan fingerprint density at radius 3 is 2.32 bits per heavy atom. The Morgan fingerprint density at radius 1 is 1.14 bits per heavy atom. The molecule has 0 radical (unpaired) electrons. The molecule has 0 aliphatic carbocycles. The fourth-order valence-corrected chi connectivity index (χ4v) is 2.60. The summed E-state index contributed by atoms with van der Waals surface area (Å²) in [6.07, 6.45) is 0.953. The van der Waals surface area contributed by atoms with Gasteiger partial charge in [0.1, 0.15) is 5.75 Å². The molecule has 0 N–H and O–H groups in total. The number of hydrogen-bond donors (Lipinski definition) is 0. The number of carbonyl (C=O) groups excluding carboxylic acids is 1. The van der Waals surface area contributed by atoms with Crippen molar-refractivity contribution < 1.29 is 14.5 Å². The normalized spacial score (nSPS) is 10.2. The van der Waals surface area contributed by atoms with E-state index in [-0.39, 0.29) is 10.8 Å². The van der Waals surface area contributed by atoms with Crippen molar-refractivity contribution in [3.63, 3.8) is 0 Å². The number of aryl methyl sites for hydroxylation is 1. The molecule has 0 aliphatic rings. The van der Waals surface area contributed by atoms with Gasteiger partial charge in [-0.25, -0.2) is 0 Å². The first-order chi connectivity index (χ1) is 10.6. The van der Waals surface area contributed by atoms with Crippen LogP contribution in [0.4, 0.5) is 5.69 Å². The van der Waals surface area contributed by atoms with Gasteiger partial charge < -0.3 is 4.74 Å². The first-order valence-corrected chi connectivity index (χ1v) is 7.48. The zero-order chi connectivity index (χ0) is 15.9. The number of rotatable bonds is 6. The van der Waals surface area contributed by atoms with Crippen LogP contribution in [0.5, 0.6) is 5.75 Å². The smallest absolute Gasteiger partial charge is 0.269 e. The van der Waals surface area contributed by atoms with Gasteiger partial charge in [-0.15, -0.1) is 0 Å². The number of nitro benzene ring substituents is 1. The first kappa shape index (κ1) is 16.0. The Hall–Kier alpha value is -2.34. The molecule has 0 saturated heterocycles. The summed E-state index contributed by atoms with van der Waals surface area (Å²) in [6.45, 7) is 0. The minimum atomic E-state index is -0.436. The number of nitro groups is 1. The number of non-ortho nitro benzene ring substituents is 1. The van der Waals surface area contributed by atoms with Crippen molar-refractivity contribution in [2.45, 2.75) is 17.7 Å². The van der Waals surface area contributed by atoms with E-state index in [1.165, 1.54) is 23.9 Å². The molecule has 0 atom stereocenters. The first-order valence-electron chi connectivity index (χ1n) is 6.66. The summed E-state index contributed by atoms with van der Waals surface area (Å²) >= 11 is 1.19. The van der Waals surface area contributed by atoms with Crippen molar-refractivity contribution in [1.29, 1.82) is 0 Å². The summed E-state index contributed by atoms with van der Waals surface area (Å²) in [5.74, 6) is 0.752. The van der Waals surface area contributed by atoms with E-state index >= 15 is 0 Å². The maximum Gasteiger partial charge on any atom is 0.269 e. The Bertz CT molecular complexity index is 653. The SMILES string of the molecule is COc1ccc(SC(=O)CCc2ccc([N+](=O)[O-])cc2)cc1. The van der Waals surface area contributed by atoms with E-state index in [0.717, 1.165) is 16.2 Å². The van der Waals surface area contributed by atoms with Crippen molar-refractivity contribution in [3.8, 4) is 5.75 Å². The zero-order valence-electron chi connectivity index (χ0n) is 12.0. The molecule has 114 valence electrons. The van der Waals surface area contributed by atoms with Gasteiger partial charge in [0.15, 0.2) is 5.12 Å².